The number of pyridine rings is 1. The normalized spacial score (nSPS) is 15.6. The fourth-order valence-corrected chi connectivity index (χ4v) is 2.54. The first-order valence-corrected chi connectivity index (χ1v) is 6.87. The van der Waals surface area contributed by atoms with Gasteiger partial charge in [-0.25, -0.2) is 4.98 Å². The maximum Gasteiger partial charge on any atom is 0.242 e. The molecule has 0 unspecified atom stereocenters. The van der Waals surface area contributed by atoms with Crippen molar-refractivity contribution >= 4 is 17.4 Å². The highest BCUT2D eigenvalue weighted by Gasteiger charge is 2.18. The van der Waals surface area contributed by atoms with Crippen LogP contribution < -0.4 is 10.2 Å². The van der Waals surface area contributed by atoms with Crippen molar-refractivity contribution in [2.24, 2.45) is 0 Å². The van der Waals surface area contributed by atoms with E-state index in [0.717, 1.165) is 37.6 Å². The van der Waals surface area contributed by atoms with E-state index >= 15 is 0 Å². The summed E-state index contributed by atoms with van der Waals surface area (Å²) >= 11 is 0. The fraction of sp³-hybridized carbons (Fsp3) is 0.429. The van der Waals surface area contributed by atoms with Crippen molar-refractivity contribution in [2.75, 3.05) is 44.7 Å². The van der Waals surface area contributed by atoms with Gasteiger partial charge in [0.1, 0.15) is 11.5 Å². The highest BCUT2D eigenvalue weighted by molar-refractivity contribution is 5.81. The summed E-state index contributed by atoms with van der Waals surface area (Å²) in [6, 6.07) is 5.92. The van der Waals surface area contributed by atoms with E-state index < -0.39 is 0 Å². The largest absolute Gasteiger partial charge is 0.351 e. The lowest BCUT2D eigenvalue weighted by atomic mass is 10.3. The third-order valence-electron chi connectivity index (χ3n) is 3.64. The summed E-state index contributed by atoms with van der Waals surface area (Å²) in [6.07, 6.45) is 3.68. The zero-order chi connectivity index (χ0) is 13.9. The minimum atomic E-state index is 0.172. The first-order chi connectivity index (χ1) is 9.75. The van der Waals surface area contributed by atoms with E-state index in [-0.39, 0.29) is 5.91 Å². The van der Waals surface area contributed by atoms with Gasteiger partial charge in [0.25, 0.3) is 0 Å². The van der Waals surface area contributed by atoms with Crippen LogP contribution in [0.15, 0.2) is 30.6 Å². The molecule has 1 saturated heterocycles. The number of nitrogens with one attached hydrogen (secondary N) is 1. The zero-order valence-corrected chi connectivity index (χ0v) is 11.6. The van der Waals surface area contributed by atoms with Crippen LogP contribution in [0.5, 0.6) is 0 Å². The molecule has 3 heterocycles. The molecule has 6 heteroatoms. The third-order valence-corrected chi connectivity index (χ3v) is 3.64. The Balaban J connectivity index is 1.73. The monoisotopic (exact) mass is 273 g/mol. The molecule has 3 rings (SSSR count). The Labute approximate surface area is 118 Å². The molecule has 2 aromatic heterocycles. The first kappa shape index (κ1) is 12.9. The highest BCUT2D eigenvalue weighted by Crippen LogP contribution is 2.15. The lowest BCUT2D eigenvalue weighted by molar-refractivity contribution is -0.130. The number of fused-ring (bicyclic) bond motifs is 1. The predicted molar refractivity (Wildman–Crippen MR) is 77.9 cm³/mol. The van der Waals surface area contributed by atoms with Gasteiger partial charge in [-0.1, -0.05) is 6.07 Å². The number of imidazole rings is 1. The van der Waals surface area contributed by atoms with Crippen molar-refractivity contribution < 1.29 is 4.79 Å². The summed E-state index contributed by atoms with van der Waals surface area (Å²) in [5.41, 5.74) is 0.893. The quantitative estimate of drug-likeness (QED) is 0.868. The topological polar surface area (TPSA) is 52.9 Å². The summed E-state index contributed by atoms with van der Waals surface area (Å²) in [6.45, 7) is 3.74. The molecule has 106 valence electrons. The number of hydrogen-bond donors (Lipinski definition) is 1. The van der Waals surface area contributed by atoms with E-state index in [1.54, 1.807) is 6.20 Å². The average Bonchev–Trinajstić information content (AvgIpc) is 2.96. The van der Waals surface area contributed by atoms with Crippen molar-refractivity contribution in [3.8, 4) is 0 Å². The standard InChI is InChI=1S/C14H19N5O/c1-17(11-14(20)18-8-5-15-6-9-18)13-4-2-3-12-16-7-10-19(12)13/h2-4,7,10,15H,5-6,8-9,11H2,1H3. The second-order valence-electron chi connectivity index (χ2n) is 5.03. The first-order valence-electron chi connectivity index (χ1n) is 6.87. The molecule has 1 aliphatic rings. The van der Waals surface area contributed by atoms with Gasteiger partial charge in [0.2, 0.25) is 5.91 Å². The molecule has 0 saturated carbocycles. The van der Waals surface area contributed by atoms with Crippen LogP contribution in [-0.2, 0) is 4.79 Å². The zero-order valence-electron chi connectivity index (χ0n) is 11.6. The van der Waals surface area contributed by atoms with Gasteiger partial charge >= 0.3 is 0 Å². The van der Waals surface area contributed by atoms with Crippen LogP contribution in [0.25, 0.3) is 5.65 Å². The summed E-state index contributed by atoms with van der Waals surface area (Å²) < 4.78 is 1.99. The fourth-order valence-electron chi connectivity index (χ4n) is 2.54. The third kappa shape index (κ3) is 2.46. The minimum absolute atomic E-state index is 0.172. The van der Waals surface area contributed by atoms with Crippen LogP contribution in [-0.4, -0.2) is 60.0 Å². The van der Waals surface area contributed by atoms with E-state index in [4.69, 9.17) is 0 Å². The molecule has 0 spiro atoms. The molecule has 0 aliphatic carbocycles. The van der Waals surface area contributed by atoms with Crippen molar-refractivity contribution in [3.05, 3.63) is 30.6 Å². The van der Waals surface area contributed by atoms with Gasteiger partial charge in [-0.15, -0.1) is 0 Å². The molecule has 6 nitrogen and oxygen atoms in total. The smallest absolute Gasteiger partial charge is 0.242 e. The van der Waals surface area contributed by atoms with E-state index in [0.29, 0.717) is 6.54 Å². The van der Waals surface area contributed by atoms with Crippen LogP contribution in [0.3, 0.4) is 0 Å². The van der Waals surface area contributed by atoms with Crippen LogP contribution >= 0.6 is 0 Å². The second-order valence-corrected chi connectivity index (χ2v) is 5.03. The number of amides is 1. The molecule has 0 aromatic carbocycles. The molecular formula is C14H19N5O. The molecule has 0 radical (unpaired) electrons. The van der Waals surface area contributed by atoms with Crippen molar-refractivity contribution in [3.63, 3.8) is 0 Å². The predicted octanol–water partition coefficient (Wildman–Crippen LogP) is 0.202. The van der Waals surface area contributed by atoms with Gasteiger partial charge in [-0.2, -0.15) is 0 Å². The van der Waals surface area contributed by atoms with Gasteiger partial charge in [0, 0.05) is 45.6 Å². The summed E-state index contributed by atoms with van der Waals surface area (Å²) in [4.78, 5) is 20.4. The van der Waals surface area contributed by atoms with Gasteiger partial charge < -0.3 is 15.1 Å². The lowest BCUT2D eigenvalue weighted by Gasteiger charge is -2.30. The van der Waals surface area contributed by atoms with Crippen molar-refractivity contribution in [1.82, 2.24) is 19.6 Å². The van der Waals surface area contributed by atoms with Gasteiger partial charge in [-0.05, 0) is 12.1 Å². The Morgan fingerprint density at radius 3 is 3.00 bits per heavy atom. The number of rotatable bonds is 3. The van der Waals surface area contributed by atoms with Gasteiger partial charge in [0.05, 0.1) is 6.54 Å². The molecule has 2 aromatic rings. The molecule has 1 amide bonds. The molecule has 0 bridgehead atoms. The number of carbonyl (C=O) groups is 1. The van der Waals surface area contributed by atoms with Crippen LogP contribution in [0.1, 0.15) is 0 Å². The molecule has 1 aliphatic heterocycles. The molecule has 1 N–H and O–H groups in total. The van der Waals surface area contributed by atoms with E-state index in [9.17, 15) is 4.79 Å². The SMILES string of the molecule is CN(CC(=O)N1CCNCC1)c1cccc2nccn12. The summed E-state index contributed by atoms with van der Waals surface area (Å²) in [7, 11) is 1.94. The summed E-state index contributed by atoms with van der Waals surface area (Å²) in [5.74, 6) is 1.15. The summed E-state index contributed by atoms with van der Waals surface area (Å²) in [5, 5.41) is 3.26. The van der Waals surface area contributed by atoms with E-state index in [2.05, 4.69) is 10.3 Å². The second kappa shape index (κ2) is 5.50. The van der Waals surface area contributed by atoms with Gasteiger partial charge in [0.15, 0.2) is 0 Å². The maximum atomic E-state index is 12.3. The number of piperazine rings is 1. The Morgan fingerprint density at radius 2 is 2.20 bits per heavy atom. The van der Waals surface area contributed by atoms with Gasteiger partial charge in [-0.3, -0.25) is 9.20 Å². The molecule has 20 heavy (non-hydrogen) atoms. The maximum absolute atomic E-state index is 12.3. The van der Waals surface area contributed by atoms with E-state index in [1.807, 2.05) is 45.6 Å². The van der Waals surface area contributed by atoms with Crippen molar-refractivity contribution in [1.29, 1.82) is 0 Å². The average molecular weight is 273 g/mol. The van der Waals surface area contributed by atoms with Crippen LogP contribution in [0.2, 0.25) is 0 Å². The number of likely N-dealkylation sites (N-methyl/N-ethyl adjacent to an activating group) is 1. The number of carbonyl (C=O) groups excluding carboxylic acids is 1. The van der Waals surface area contributed by atoms with E-state index in [1.165, 1.54) is 0 Å². The highest BCUT2D eigenvalue weighted by atomic mass is 16.2. The van der Waals surface area contributed by atoms with Crippen molar-refractivity contribution in [2.45, 2.75) is 0 Å². The Hall–Kier alpha value is -2.08. The Morgan fingerprint density at radius 1 is 1.40 bits per heavy atom. The number of hydrogen-bond acceptors (Lipinski definition) is 4. The molecule has 1 fully saturated rings. The van der Waals surface area contributed by atoms with Crippen LogP contribution in [0.4, 0.5) is 5.82 Å². The Kier molecular flexibility index (Phi) is 3.56. The lowest BCUT2D eigenvalue weighted by Crippen LogP contribution is -2.49. The minimum Gasteiger partial charge on any atom is -0.351 e. The number of aromatic nitrogens is 2. The van der Waals surface area contributed by atoms with Crippen LogP contribution in [0, 0.1) is 0 Å². The molecule has 0 atom stereocenters. The molecular weight excluding hydrogens is 254 g/mol. The Bertz CT molecular complexity index is 602. The number of nitrogens with zero attached hydrogens (tertiary/aromatic N) is 4. The number of anilines is 1.